The van der Waals surface area contributed by atoms with Crippen LogP contribution in [-0.2, 0) is 11.2 Å². The van der Waals surface area contributed by atoms with Crippen molar-refractivity contribution in [3.05, 3.63) is 75.6 Å². The summed E-state index contributed by atoms with van der Waals surface area (Å²) in [6.07, 6.45) is -0.922. The number of aliphatic hydroxyl groups excluding tert-OH is 1. The largest absolute Gasteiger partial charge is 0.497 e. The zero-order valence-electron chi connectivity index (χ0n) is 15.2. The predicted molar refractivity (Wildman–Crippen MR) is 102 cm³/mol. The summed E-state index contributed by atoms with van der Waals surface area (Å²) in [6, 6.07) is 14.3. The summed E-state index contributed by atoms with van der Waals surface area (Å²) in [4.78, 5) is 24.6. The highest BCUT2D eigenvalue weighted by Crippen LogP contribution is 2.24. The van der Waals surface area contributed by atoms with Gasteiger partial charge < -0.3 is 19.6 Å². The molecule has 0 saturated carbocycles. The van der Waals surface area contributed by atoms with Gasteiger partial charge in [0.2, 0.25) is 5.91 Å². The van der Waals surface area contributed by atoms with E-state index >= 15 is 0 Å². The molecule has 0 saturated heterocycles. The first-order chi connectivity index (χ1) is 13.0. The molecule has 1 atom stereocenters. The quantitative estimate of drug-likeness (QED) is 0.654. The van der Waals surface area contributed by atoms with Crippen LogP contribution in [0.15, 0.2) is 57.7 Å². The highest BCUT2D eigenvalue weighted by atomic mass is 16.5. The van der Waals surface area contributed by atoms with Crippen LogP contribution in [0.4, 0.5) is 0 Å². The van der Waals surface area contributed by atoms with Crippen LogP contribution in [0.5, 0.6) is 5.75 Å². The summed E-state index contributed by atoms with van der Waals surface area (Å²) in [5, 5.41) is 13.5. The normalized spacial score (nSPS) is 12.0. The number of aryl methyl sites for hydroxylation is 1. The maximum Gasteiger partial charge on any atom is 0.340 e. The average molecular weight is 367 g/mol. The van der Waals surface area contributed by atoms with Crippen LogP contribution in [0.3, 0.4) is 0 Å². The average Bonchev–Trinajstić information content (AvgIpc) is 2.69. The Balaban J connectivity index is 1.74. The third-order valence-corrected chi connectivity index (χ3v) is 4.51. The van der Waals surface area contributed by atoms with Crippen molar-refractivity contribution in [1.82, 2.24) is 5.32 Å². The minimum Gasteiger partial charge on any atom is -0.497 e. The number of ether oxygens (including phenoxy) is 1. The Morgan fingerprint density at radius 3 is 2.67 bits per heavy atom. The lowest BCUT2D eigenvalue weighted by Crippen LogP contribution is -2.31. The maximum atomic E-state index is 12.3. The zero-order valence-corrected chi connectivity index (χ0v) is 15.2. The molecule has 0 bridgehead atoms. The van der Waals surface area contributed by atoms with E-state index in [1.54, 1.807) is 37.3 Å². The van der Waals surface area contributed by atoms with Crippen molar-refractivity contribution >= 4 is 16.9 Å². The van der Waals surface area contributed by atoms with Gasteiger partial charge in [0, 0.05) is 18.0 Å². The Hall–Kier alpha value is -3.12. The molecule has 6 nitrogen and oxygen atoms in total. The lowest BCUT2D eigenvalue weighted by Gasteiger charge is -2.13. The van der Waals surface area contributed by atoms with Gasteiger partial charge in [-0.2, -0.15) is 0 Å². The van der Waals surface area contributed by atoms with E-state index in [1.165, 1.54) is 7.11 Å². The molecular formula is C21H21NO5. The zero-order chi connectivity index (χ0) is 19.4. The molecule has 3 rings (SSSR count). The number of nitrogens with one attached hydrogen (secondary N) is 1. The topological polar surface area (TPSA) is 88.8 Å². The van der Waals surface area contributed by atoms with E-state index < -0.39 is 11.7 Å². The Morgan fingerprint density at radius 1 is 1.22 bits per heavy atom. The van der Waals surface area contributed by atoms with Crippen molar-refractivity contribution in [3.8, 4) is 5.75 Å². The molecule has 1 aromatic heterocycles. The molecule has 27 heavy (non-hydrogen) atoms. The SMILES string of the molecule is COc1ccc2c(C)c(CC(=O)NC[C@@H](O)c3ccccc3)c(=O)oc2c1. The molecule has 2 N–H and O–H groups in total. The fraction of sp³-hybridized carbons (Fsp3) is 0.238. The summed E-state index contributed by atoms with van der Waals surface area (Å²) in [6.45, 7) is 1.85. The summed E-state index contributed by atoms with van der Waals surface area (Å²) in [7, 11) is 1.54. The number of benzene rings is 2. The fourth-order valence-corrected chi connectivity index (χ4v) is 2.93. The molecule has 1 heterocycles. The molecule has 6 heteroatoms. The van der Waals surface area contributed by atoms with Crippen molar-refractivity contribution in [3.63, 3.8) is 0 Å². The lowest BCUT2D eigenvalue weighted by molar-refractivity contribution is -0.120. The number of aliphatic hydroxyl groups is 1. The van der Waals surface area contributed by atoms with Gasteiger partial charge in [-0.05, 0) is 30.2 Å². The van der Waals surface area contributed by atoms with E-state index in [0.29, 0.717) is 28.0 Å². The van der Waals surface area contributed by atoms with E-state index in [0.717, 1.165) is 5.39 Å². The fourth-order valence-electron chi connectivity index (χ4n) is 2.93. The Labute approximate surface area is 156 Å². The van der Waals surface area contributed by atoms with Crippen molar-refractivity contribution in [2.45, 2.75) is 19.4 Å². The van der Waals surface area contributed by atoms with Crippen LogP contribution in [0.25, 0.3) is 11.0 Å². The summed E-state index contributed by atoms with van der Waals surface area (Å²) >= 11 is 0. The van der Waals surface area contributed by atoms with Gasteiger partial charge >= 0.3 is 5.63 Å². The van der Waals surface area contributed by atoms with Crippen LogP contribution in [-0.4, -0.2) is 24.7 Å². The number of carbonyl (C=O) groups excluding carboxylic acids is 1. The van der Waals surface area contributed by atoms with Crippen LogP contribution in [0, 0.1) is 6.92 Å². The second-order valence-electron chi connectivity index (χ2n) is 6.26. The van der Waals surface area contributed by atoms with Crippen molar-refractivity contribution < 1.29 is 19.1 Å². The monoisotopic (exact) mass is 367 g/mol. The van der Waals surface area contributed by atoms with Gasteiger partial charge in [0.25, 0.3) is 0 Å². The Morgan fingerprint density at radius 2 is 1.96 bits per heavy atom. The third kappa shape index (κ3) is 4.17. The smallest absolute Gasteiger partial charge is 0.340 e. The van der Waals surface area contributed by atoms with Gasteiger partial charge in [-0.1, -0.05) is 30.3 Å². The van der Waals surface area contributed by atoms with Gasteiger partial charge in [0.15, 0.2) is 0 Å². The van der Waals surface area contributed by atoms with Gasteiger partial charge in [-0.25, -0.2) is 4.79 Å². The van der Waals surface area contributed by atoms with Crippen molar-refractivity contribution in [2.24, 2.45) is 0 Å². The third-order valence-electron chi connectivity index (χ3n) is 4.51. The molecule has 1 amide bonds. The molecule has 3 aromatic rings. The molecule has 0 unspecified atom stereocenters. The van der Waals surface area contributed by atoms with Crippen molar-refractivity contribution in [1.29, 1.82) is 0 Å². The number of amides is 1. The highest BCUT2D eigenvalue weighted by molar-refractivity contribution is 5.85. The molecule has 0 fully saturated rings. The molecule has 0 aliphatic carbocycles. The Bertz CT molecular complexity index is 1010. The van der Waals surface area contributed by atoms with E-state index in [9.17, 15) is 14.7 Å². The first-order valence-electron chi connectivity index (χ1n) is 8.59. The number of rotatable bonds is 6. The predicted octanol–water partition coefficient (Wildman–Crippen LogP) is 2.50. The molecule has 2 aromatic carbocycles. The number of methoxy groups -OCH3 is 1. The lowest BCUT2D eigenvalue weighted by atomic mass is 10.0. The van der Waals surface area contributed by atoms with Crippen LogP contribution >= 0.6 is 0 Å². The molecule has 0 aliphatic rings. The molecule has 0 aliphatic heterocycles. The van der Waals surface area contributed by atoms with Crippen LogP contribution in [0.2, 0.25) is 0 Å². The molecule has 0 spiro atoms. The molecule has 0 radical (unpaired) electrons. The number of fused-ring (bicyclic) bond motifs is 1. The first-order valence-corrected chi connectivity index (χ1v) is 8.59. The van der Waals surface area contributed by atoms with Gasteiger partial charge in [-0.15, -0.1) is 0 Å². The summed E-state index contributed by atoms with van der Waals surface area (Å²) in [5.74, 6) is 0.235. The number of hydrogen-bond acceptors (Lipinski definition) is 5. The number of hydrogen-bond donors (Lipinski definition) is 2. The second-order valence-corrected chi connectivity index (χ2v) is 6.26. The molecule has 140 valence electrons. The van der Waals surface area contributed by atoms with E-state index in [2.05, 4.69) is 5.32 Å². The minimum absolute atomic E-state index is 0.0675. The van der Waals surface area contributed by atoms with Gasteiger partial charge in [-0.3, -0.25) is 4.79 Å². The second kappa shape index (κ2) is 8.05. The van der Waals surface area contributed by atoms with Crippen molar-refractivity contribution in [2.75, 3.05) is 13.7 Å². The van der Waals surface area contributed by atoms with E-state index in [1.807, 2.05) is 18.2 Å². The van der Waals surface area contributed by atoms with Crippen LogP contribution in [0.1, 0.15) is 22.8 Å². The molecular weight excluding hydrogens is 346 g/mol. The maximum absolute atomic E-state index is 12.3. The van der Waals surface area contributed by atoms with Crippen LogP contribution < -0.4 is 15.7 Å². The van der Waals surface area contributed by atoms with Gasteiger partial charge in [0.05, 0.1) is 25.2 Å². The van der Waals surface area contributed by atoms with Gasteiger partial charge in [0.1, 0.15) is 11.3 Å². The Kier molecular flexibility index (Phi) is 5.57. The number of carbonyl (C=O) groups is 1. The standard InChI is InChI=1S/C21H21NO5/c1-13-16-9-8-15(26-2)10-19(16)27-21(25)17(13)11-20(24)22-12-18(23)14-6-4-3-5-7-14/h3-10,18,23H,11-12H2,1-2H3,(H,22,24)/t18-/m1/s1. The first kappa shape index (κ1) is 18.7. The highest BCUT2D eigenvalue weighted by Gasteiger charge is 2.16. The van der Waals surface area contributed by atoms with E-state index in [4.69, 9.17) is 9.15 Å². The summed E-state index contributed by atoms with van der Waals surface area (Å²) < 4.78 is 10.5. The summed E-state index contributed by atoms with van der Waals surface area (Å²) in [5.41, 5.74) is 1.59. The van der Waals surface area contributed by atoms with E-state index in [-0.39, 0.29) is 18.9 Å². The minimum atomic E-state index is -0.809.